The zero-order valence-corrected chi connectivity index (χ0v) is 17.7. The van der Waals surface area contributed by atoms with Crippen LogP contribution in [0.5, 0.6) is 0 Å². The van der Waals surface area contributed by atoms with E-state index in [0.29, 0.717) is 17.3 Å². The maximum absolute atomic E-state index is 13.4. The summed E-state index contributed by atoms with van der Waals surface area (Å²) in [6.07, 6.45) is 3.10. The number of halogens is 1. The summed E-state index contributed by atoms with van der Waals surface area (Å²) in [5.41, 5.74) is 5.62. The van der Waals surface area contributed by atoms with Crippen LogP contribution in [0.25, 0.3) is 11.3 Å². The Bertz CT molecular complexity index is 1050. The van der Waals surface area contributed by atoms with Gasteiger partial charge in [-0.25, -0.2) is 0 Å². The number of amides is 1. The molecule has 0 radical (unpaired) electrons. The average molecular weight is 422 g/mol. The van der Waals surface area contributed by atoms with Crippen LogP contribution in [0, 0.1) is 0 Å². The summed E-state index contributed by atoms with van der Waals surface area (Å²) < 4.78 is 5.85. The van der Waals surface area contributed by atoms with Crippen molar-refractivity contribution in [2.45, 2.75) is 38.3 Å². The van der Waals surface area contributed by atoms with Crippen molar-refractivity contribution in [2.24, 2.45) is 0 Å². The SMILES string of the molecule is CCc1ccc(C2c3c(-c4ccc(Cl)cc4)n[nH]c3C(=O)N2CC2CCCO2)cc1. The highest BCUT2D eigenvalue weighted by atomic mass is 35.5. The van der Waals surface area contributed by atoms with E-state index in [1.807, 2.05) is 29.2 Å². The number of carbonyl (C=O) groups excluding carboxylic acids is 1. The van der Waals surface area contributed by atoms with Gasteiger partial charge in [-0.15, -0.1) is 0 Å². The van der Waals surface area contributed by atoms with Gasteiger partial charge in [0, 0.05) is 29.3 Å². The first-order valence-electron chi connectivity index (χ1n) is 10.5. The molecule has 3 heterocycles. The molecule has 2 aromatic carbocycles. The Kier molecular flexibility index (Phi) is 5.09. The molecule has 1 fully saturated rings. The number of fused-ring (bicyclic) bond motifs is 1. The number of benzene rings is 2. The maximum atomic E-state index is 13.4. The summed E-state index contributed by atoms with van der Waals surface area (Å²) >= 11 is 6.08. The molecule has 0 aliphatic carbocycles. The first kappa shape index (κ1) is 19.3. The highest BCUT2D eigenvalue weighted by Gasteiger charge is 2.43. The first-order chi connectivity index (χ1) is 14.7. The highest BCUT2D eigenvalue weighted by Crippen LogP contribution is 2.43. The van der Waals surface area contributed by atoms with E-state index in [9.17, 15) is 4.79 Å². The van der Waals surface area contributed by atoms with Gasteiger partial charge < -0.3 is 9.64 Å². The van der Waals surface area contributed by atoms with Gasteiger partial charge in [-0.2, -0.15) is 5.10 Å². The van der Waals surface area contributed by atoms with Crippen LogP contribution in [0.3, 0.4) is 0 Å². The van der Waals surface area contributed by atoms with E-state index in [1.54, 1.807) is 0 Å². The van der Waals surface area contributed by atoms with Crippen LogP contribution in [0.1, 0.15) is 53.0 Å². The van der Waals surface area contributed by atoms with Crippen LogP contribution in [0.2, 0.25) is 5.02 Å². The second kappa shape index (κ2) is 7.89. The Morgan fingerprint density at radius 3 is 2.60 bits per heavy atom. The fourth-order valence-electron chi connectivity index (χ4n) is 4.50. The van der Waals surface area contributed by atoms with Crippen molar-refractivity contribution in [1.29, 1.82) is 0 Å². The number of nitrogens with zero attached hydrogens (tertiary/aromatic N) is 2. The minimum absolute atomic E-state index is 0.0159. The monoisotopic (exact) mass is 421 g/mol. The van der Waals surface area contributed by atoms with Crippen LogP contribution in [0.15, 0.2) is 48.5 Å². The fraction of sp³-hybridized carbons (Fsp3) is 0.333. The molecule has 1 amide bonds. The first-order valence-corrected chi connectivity index (χ1v) is 10.9. The highest BCUT2D eigenvalue weighted by molar-refractivity contribution is 6.30. The van der Waals surface area contributed by atoms with Crippen LogP contribution >= 0.6 is 11.6 Å². The lowest BCUT2D eigenvalue weighted by atomic mass is 9.95. The van der Waals surface area contributed by atoms with Gasteiger partial charge in [-0.05, 0) is 42.5 Å². The zero-order chi connectivity index (χ0) is 20.7. The number of H-pyrrole nitrogens is 1. The van der Waals surface area contributed by atoms with Crippen LogP contribution < -0.4 is 0 Å². The minimum Gasteiger partial charge on any atom is -0.376 e. The lowest BCUT2D eigenvalue weighted by Gasteiger charge is -2.28. The van der Waals surface area contributed by atoms with E-state index in [2.05, 4.69) is 41.4 Å². The standard InChI is InChI=1S/C24H24ClN3O2/c1-2-15-5-7-17(8-6-15)23-20-21(16-9-11-18(25)12-10-16)26-27-22(20)24(29)28(23)14-19-4-3-13-30-19/h5-12,19,23H,2-4,13-14H2,1H3,(H,26,27). The second-order valence-corrected chi connectivity index (χ2v) is 8.39. The molecule has 2 atom stereocenters. The van der Waals surface area contributed by atoms with Gasteiger partial charge in [0.05, 0.1) is 17.8 Å². The number of nitrogens with one attached hydrogen (secondary N) is 1. The number of hydrogen-bond acceptors (Lipinski definition) is 3. The molecular formula is C24H24ClN3O2. The number of hydrogen-bond donors (Lipinski definition) is 1. The van der Waals surface area contributed by atoms with Gasteiger partial charge in [0.15, 0.2) is 0 Å². The number of rotatable bonds is 5. The van der Waals surface area contributed by atoms with Crippen molar-refractivity contribution in [1.82, 2.24) is 15.1 Å². The topological polar surface area (TPSA) is 58.2 Å². The molecule has 30 heavy (non-hydrogen) atoms. The largest absolute Gasteiger partial charge is 0.376 e. The maximum Gasteiger partial charge on any atom is 0.273 e. The predicted molar refractivity (Wildman–Crippen MR) is 117 cm³/mol. The van der Waals surface area contributed by atoms with E-state index in [1.165, 1.54) is 5.56 Å². The molecular weight excluding hydrogens is 398 g/mol. The van der Waals surface area contributed by atoms with E-state index < -0.39 is 0 Å². The molecule has 2 aliphatic heterocycles. The molecule has 1 saturated heterocycles. The Hall–Kier alpha value is -2.63. The fourth-order valence-corrected chi connectivity index (χ4v) is 4.63. The average Bonchev–Trinajstić information content (AvgIpc) is 3.49. The summed E-state index contributed by atoms with van der Waals surface area (Å²) in [7, 11) is 0. The number of aromatic amines is 1. The zero-order valence-electron chi connectivity index (χ0n) is 16.9. The van der Waals surface area contributed by atoms with Crippen molar-refractivity contribution in [3.05, 3.63) is 75.9 Å². The second-order valence-electron chi connectivity index (χ2n) is 7.96. The number of aromatic nitrogens is 2. The van der Waals surface area contributed by atoms with E-state index >= 15 is 0 Å². The summed E-state index contributed by atoms with van der Waals surface area (Å²) in [5.74, 6) is -0.0159. The normalized spacial score (nSPS) is 20.7. The summed E-state index contributed by atoms with van der Waals surface area (Å²) in [6.45, 7) is 3.50. The van der Waals surface area contributed by atoms with Crippen molar-refractivity contribution >= 4 is 17.5 Å². The number of ether oxygens (including phenoxy) is 1. The molecule has 0 saturated carbocycles. The Balaban J connectivity index is 1.60. The Morgan fingerprint density at radius 2 is 1.93 bits per heavy atom. The van der Waals surface area contributed by atoms with Crippen molar-refractivity contribution < 1.29 is 9.53 Å². The molecule has 0 bridgehead atoms. The van der Waals surface area contributed by atoms with Crippen LogP contribution in [-0.4, -0.2) is 40.3 Å². The summed E-state index contributed by atoms with van der Waals surface area (Å²) in [5, 5.41) is 8.20. The predicted octanol–water partition coefficient (Wildman–Crippen LogP) is 5.02. The third-order valence-corrected chi connectivity index (χ3v) is 6.36. The smallest absolute Gasteiger partial charge is 0.273 e. The molecule has 1 N–H and O–H groups in total. The number of aryl methyl sites for hydroxylation is 1. The van der Waals surface area contributed by atoms with Gasteiger partial charge in [0.25, 0.3) is 5.91 Å². The summed E-state index contributed by atoms with van der Waals surface area (Å²) in [6, 6.07) is 16.0. The number of carbonyl (C=O) groups is 1. The van der Waals surface area contributed by atoms with Gasteiger partial charge in [0.1, 0.15) is 5.69 Å². The third kappa shape index (κ3) is 3.32. The minimum atomic E-state index is -0.188. The third-order valence-electron chi connectivity index (χ3n) is 6.11. The van der Waals surface area contributed by atoms with Crippen LogP contribution in [0.4, 0.5) is 0 Å². The molecule has 3 aromatic rings. The Labute approximate surface area is 181 Å². The molecule has 1 aromatic heterocycles. The van der Waals surface area contributed by atoms with Crippen molar-refractivity contribution in [2.75, 3.05) is 13.2 Å². The van der Waals surface area contributed by atoms with Gasteiger partial charge in [-0.3, -0.25) is 9.89 Å². The van der Waals surface area contributed by atoms with Gasteiger partial charge in [0.2, 0.25) is 0 Å². The quantitative estimate of drug-likeness (QED) is 0.629. The molecule has 2 aliphatic rings. The van der Waals surface area contributed by atoms with Crippen molar-refractivity contribution in [3.8, 4) is 11.3 Å². The lowest BCUT2D eigenvalue weighted by molar-refractivity contribution is 0.0495. The van der Waals surface area contributed by atoms with E-state index in [0.717, 1.165) is 48.3 Å². The molecule has 5 rings (SSSR count). The van der Waals surface area contributed by atoms with Crippen molar-refractivity contribution in [3.63, 3.8) is 0 Å². The molecule has 154 valence electrons. The van der Waals surface area contributed by atoms with E-state index in [-0.39, 0.29) is 18.1 Å². The van der Waals surface area contributed by atoms with Gasteiger partial charge in [-0.1, -0.05) is 54.9 Å². The van der Waals surface area contributed by atoms with Crippen LogP contribution in [-0.2, 0) is 11.2 Å². The molecule has 5 nitrogen and oxygen atoms in total. The van der Waals surface area contributed by atoms with E-state index in [4.69, 9.17) is 16.3 Å². The molecule has 2 unspecified atom stereocenters. The van der Waals surface area contributed by atoms with Gasteiger partial charge >= 0.3 is 0 Å². The Morgan fingerprint density at radius 1 is 1.17 bits per heavy atom. The lowest BCUT2D eigenvalue weighted by Crippen LogP contribution is -2.36. The molecule has 6 heteroatoms. The molecule has 0 spiro atoms. The summed E-state index contributed by atoms with van der Waals surface area (Å²) in [4.78, 5) is 15.3.